The highest BCUT2D eigenvalue weighted by atomic mass is 35.5. The lowest BCUT2D eigenvalue weighted by Gasteiger charge is -2.31. The number of piperidine rings is 1. The van der Waals surface area contributed by atoms with E-state index in [4.69, 9.17) is 36.1 Å². The number of aromatic nitrogens is 1. The van der Waals surface area contributed by atoms with Crippen LogP contribution in [-0.4, -0.2) is 58.3 Å². The summed E-state index contributed by atoms with van der Waals surface area (Å²) < 4.78 is 36.6. The number of carboxylic acid groups (broad SMARTS) is 2. The van der Waals surface area contributed by atoms with Crippen LogP contribution in [0.2, 0.25) is 5.02 Å². The fourth-order valence-corrected chi connectivity index (χ4v) is 4.58. The first-order valence-corrected chi connectivity index (χ1v) is 11.1. The molecule has 1 saturated heterocycles. The molecule has 176 valence electrons. The van der Waals surface area contributed by atoms with Crippen molar-refractivity contribution < 1.29 is 33.3 Å². The second-order valence-corrected chi connectivity index (χ2v) is 8.93. The van der Waals surface area contributed by atoms with E-state index in [1.54, 1.807) is 0 Å². The molecular weight excluding hydrogens is 478 g/mol. The summed E-state index contributed by atoms with van der Waals surface area (Å²) in [5.74, 6) is -5.07. The van der Waals surface area contributed by atoms with E-state index in [1.807, 2.05) is 24.3 Å². The Morgan fingerprint density at radius 2 is 1.73 bits per heavy atom. The van der Waals surface area contributed by atoms with Gasteiger partial charge in [-0.25, -0.2) is 23.4 Å². The molecular formula is C22H21ClF2N2O5S. The number of likely N-dealkylation sites (tertiary alicyclic amines) is 1. The first-order chi connectivity index (χ1) is 15.7. The summed E-state index contributed by atoms with van der Waals surface area (Å²) in [6.45, 7) is 1.78. The molecule has 1 atom stereocenters. The fourth-order valence-electron chi connectivity index (χ4n) is 3.37. The van der Waals surface area contributed by atoms with Gasteiger partial charge in [0.05, 0.1) is 21.9 Å². The Labute approximate surface area is 197 Å². The molecule has 0 spiro atoms. The van der Waals surface area contributed by atoms with E-state index in [-0.39, 0.29) is 16.7 Å². The zero-order valence-electron chi connectivity index (χ0n) is 17.5. The highest BCUT2D eigenvalue weighted by Gasteiger charge is 2.30. The maximum atomic E-state index is 14.7. The number of para-hydroxylation sites is 1. The van der Waals surface area contributed by atoms with Crippen molar-refractivity contribution in [3.8, 4) is 0 Å². The minimum atomic E-state index is -1.82. The molecule has 1 aliphatic heterocycles. The van der Waals surface area contributed by atoms with Crippen LogP contribution < -0.4 is 0 Å². The molecule has 0 aliphatic carbocycles. The minimum absolute atomic E-state index is 0.0242. The van der Waals surface area contributed by atoms with Crippen LogP contribution in [0.1, 0.15) is 29.5 Å². The molecule has 0 amide bonds. The Morgan fingerprint density at radius 1 is 1.15 bits per heavy atom. The number of hydrogen-bond acceptors (Lipinski definition) is 6. The lowest BCUT2D eigenvalue weighted by atomic mass is 10.1. The second-order valence-electron chi connectivity index (χ2n) is 7.43. The molecule has 7 nitrogen and oxygen atoms in total. The Bertz CT molecular complexity index is 1080. The first kappa shape index (κ1) is 25.0. The van der Waals surface area contributed by atoms with Gasteiger partial charge < -0.3 is 19.8 Å². The van der Waals surface area contributed by atoms with Gasteiger partial charge >= 0.3 is 11.9 Å². The Kier molecular flexibility index (Phi) is 8.30. The van der Waals surface area contributed by atoms with Crippen molar-refractivity contribution in [2.75, 3.05) is 20.1 Å². The van der Waals surface area contributed by atoms with Crippen molar-refractivity contribution in [3.05, 3.63) is 63.6 Å². The SMILES string of the molecule is CN1CCC(OC(c2nc3ccccc3s2)c2c(F)cc(Cl)cc2F)CC1.O=C(O)C(=O)O. The third-order valence-electron chi connectivity index (χ3n) is 5.02. The summed E-state index contributed by atoms with van der Waals surface area (Å²) in [4.78, 5) is 25.0. The highest BCUT2D eigenvalue weighted by molar-refractivity contribution is 7.18. The van der Waals surface area contributed by atoms with E-state index in [1.165, 1.54) is 11.3 Å². The zero-order chi connectivity index (χ0) is 24.1. The number of nitrogens with zero attached hydrogens (tertiary/aromatic N) is 2. The monoisotopic (exact) mass is 498 g/mol. The summed E-state index contributed by atoms with van der Waals surface area (Å²) >= 11 is 7.20. The van der Waals surface area contributed by atoms with Crippen LogP contribution in [0.15, 0.2) is 36.4 Å². The maximum Gasteiger partial charge on any atom is 0.414 e. The topological polar surface area (TPSA) is 100.0 Å². The van der Waals surface area contributed by atoms with Gasteiger partial charge in [-0.2, -0.15) is 0 Å². The van der Waals surface area contributed by atoms with Gasteiger partial charge in [0.1, 0.15) is 22.7 Å². The van der Waals surface area contributed by atoms with Crippen molar-refractivity contribution in [1.82, 2.24) is 9.88 Å². The Hall–Kier alpha value is -2.66. The summed E-state index contributed by atoms with van der Waals surface area (Å²) in [5.41, 5.74) is 0.668. The van der Waals surface area contributed by atoms with E-state index < -0.39 is 29.7 Å². The number of ether oxygens (including phenoxy) is 1. The molecule has 1 aromatic heterocycles. The fraction of sp³-hybridized carbons (Fsp3) is 0.318. The van der Waals surface area contributed by atoms with Crippen LogP contribution in [0.25, 0.3) is 10.2 Å². The molecule has 1 unspecified atom stereocenters. The molecule has 33 heavy (non-hydrogen) atoms. The van der Waals surface area contributed by atoms with Gasteiger partial charge in [0.2, 0.25) is 0 Å². The summed E-state index contributed by atoms with van der Waals surface area (Å²) in [5, 5.41) is 15.4. The number of halogens is 3. The molecule has 2 aromatic carbocycles. The number of benzene rings is 2. The van der Waals surface area contributed by atoms with Gasteiger partial charge in [0.15, 0.2) is 0 Å². The van der Waals surface area contributed by atoms with Crippen LogP contribution in [0.3, 0.4) is 0 Å². The average Bonchev–Trinajstić information content (AvgIpc) is 3.18. The van der Waals surface area contributed by atoms with Gasteiger partial charge in [0.25, 0.3) is 0 Å². The first-order valence-electron chi connectivity index (χ1n) is 9.95. The normalized spacial score (nSPS) is 15.6. The largest absolute Gasteiger partial charge is 0.473 e. The second kappa shape index (κ2) is 11.0. The molecule has 0 saturated carbocycles. The Balaban J connectivity index is 0.000000454. The number of carbonyl (C=O) groups is 2. The maximum absolute atomic E-state index is 14.7. The minimum Gasteiger partial charge on any atom is -0.473 e. The highest BCUT2D eigenvalue weighted by Crippen LogP contribution is 2.37. The number of aliphatic carboxylic acids is 2. The van der Waals surface area contributed by atoms with E-state index >= 15 is 0 Å². The van der Waals surface area contributed by atoms with Crippen LogP contribution >= 0.6 is 22.9 Å². The van der Waals surface area contributed by atoms with Crippen molar-refractivity contribution in [3.63, 3.8) is 0 Å². The molecule has 1 aliphatic rings. The Morgan fingerprint density at radius 3 is 2.27 bits per heavy atom. The molecule has 3 aromatic rings. The number of rotatable bonds is 4. The van der Waals surface area contributed by atoms with Gasteiger partial charge in [-0.15, -0.1) is 11.3 Å². The number of carboxylic acids is 2. The standard InChI is InChI=1S/C20H19ClF2N2OS.C2H2O4/c1-25-8-6-13(7-9-25)26-19(18-14(22)10-12(21)11-15(18)23)20-24-16-4-2-3-5-17(16)27-20;3-1(4)2(5)6/h2-5,10-11,13,19H,6-9H2,1H3;(H,3,4)(H,5,6). The number of thiazole rings is 1. The number of fused-ring (bicyclic) bond motifs is 1. The van der Waals surface area contributed by atoms with Crippen LogP contribution in [0, 0.1) is 11.6 Å². The molecule has 0 radical (unpaired) electrons. The van der Waals surface area contributed by atoms with E-state index in [9.17, 15) is 8.78 Å². The third kappa shape index (κ3) is 6.44. The van der Waals surface area contributed by atoms with Crippen LogP contribution in [0.4, 0.5) is 8.78 Å². The van der Waals surface area contributed by atoms with Crippen molar-refractivity contribution in [1.29, 1.82) is 0 Å². The molecule has 1 fully saturated rings. The van der Waals surface area contributed by atoms with E-state index in [0.717, 1.165) is 48.3 Å². The van der Waals surface area contributed by atoms with Gasteiger partial charge in [0, 0.05) is 18.1 Å². The summed E-state index contributed by atoms with van der Waals surface area (Å²) in [7, 11) is 2.06. The van der Waals surface area contributed by atoms with Crippen molar-refractivity contribution in [2.24, 2.45) is 0 Å². The van der Waals surface area contributed by atoms with Gasteiger partial charge in [-0.1, -0.05) is 23.7 Å². The lowest BCUT2D eigenvalue weighted by molar-refractivity contribution is -0.159. The molecule has 0 bridgehead atoms. The molecule has 2 heterocycles. The predicted molar refractivity (Wildman–Crippen MR) is 120 cm³/mol. The van der Waals surface area contributed by atoms with Gasteiger partial charge in [-0.3, -0.25) is 0 Å². The van der Waals surface area contributed by atoms with Crippen LogP contribution in [-0.2, 0) is 14.3 Å². The average molecular weight is 499 g/mol. The molecule has 4 rings (SSSR count). The van der Waals surface area contributed by atoms with Crippen molar-refractivity contribution >= 4 is 45.1 Å². The van der Waals surface area contributed by atoms with E-state index in [2.05, 4.69) is 16.9 Å². The smallest absolute Gasteiger partial charge is 0.414 e. The van der Waals surface area contributed by atoms with E-state index in [0.29, 0.717) is 5.01 Å². The molecule has 11 heteroatoms. The summed E-state index contributed by atoms with van der Waals surface area (Å²) in [6, 6.07) is 9.88. The quantitative estimate of drug-likeness (QED) is 0.508. The lowest BCUT2D eigenvalue weighted by Crippen LogP contribution is -2.35. The van der Waals surface area contributed by atoms with Crippen molar-refractivity contribution in [2.45, 2.75) is 25.0 Å². The molecule has 2 N–H and O–H groups in total. The van der Waals surface area contributed by atoms with Gasteiger partial charge in [-0.05, 0) is 44.2 Å². The zero-order valence-corrected chi connectivity index (χ0v) is 19.1. The third-order valence-corrected chi connectivity index (χ3v) is 6.32. The number of hydrogen-bond donors (Lipinski definition) is 2. The summed E-state index contributed by atoms with van der Waals surface area (Å²) in [6.07, 6.45) is 0.657. The predicted octanol–water partition coefficient (Wildman–Crippen LogP) is 4.58. The van der Waals surface area contributed by atoms with Crippen LogP contribution in [0.5, 0.6) is 0 Å².